The molecule has 0 heterocycles. The van der Waals surface area contributed by atoms with E-state index < -0.39 is 16.6 Å². The number of nitrogens with zero attached hydrogens (tertiary/aromatic N) is 1. The second-order valence-corrected chi connectivity index (χ2v) is 4.97. The molecule has 0 atom stereocenters. The van der Waals surface area contributed by atoms with Gasteiger partial charge in [-0.3, -0.25) is 10.1 Å². The van der Waals surface area contributed by atoms with Crippen molar-refractivity contribution in [2.75, 3.05) is 0 Å². The van der Waals surface area contributed by atoms with Crippen molar-refractivity contribution in [2.45, 2.75) is 33.2 Å². The molecule has 0 aromatic heterocycles. The quantitative estimate of drug-likeness (QED) is 0.648. The summed E-state index contributed by atoms with van der Waals surface area (Å²) in [5.41, 5.74) is 0.107. The molecule has 0 aliphatic heterocycles. The first kappa shape index (κ1) is 14.0. The van der Waals surface area contributed by atoms with Crippen LogP contribution in [0.1, 0.15) is 26.3 Å². The van der Waals surface area contributed by atoms with Crippen LogP contribution in [0.5, 0.6) is 5.75 Å². The van der Waals surface area contributed by atoms with Crippen LogP contribution in [0.15, 0.2) is 18.2 Å². The van der Waals surface area contributed by atoms with E-state index in [4.69, 9.17) is 4.74 Å². The van der Waals surface area contributed by atoms with Crippen molar-refractivity contribution in [2.24, 2.45) is 0 Å². The van der Waals surface area contributed by atoms with Crippen LogP contribution in [-0.2, 0) is 0 Å². The van der Waals surface area contributed by atoms with Crippen LogP contribution in [0.4, 0.5) is 10.5 Å². The average molecular weight is 252 g/mol. The fourth-order valence-corrected chi connectivity index (χ4v) is 1.29. The summed E-state index contributed by atoms with van der Waals surface area (Å²) in [4.78, 5) is 21.6. The minimum absolute atomic E-state index is 0.0314. The van der Waals surface area contributed by atoms with Crippen LogP contribution in [0.25, 0.3) is 0 Å². The Kier molecular flexibility index (Phi) is 3.90. The summed E-state index contributed by atoms with van der Waals surface area (Å²) in [6.45, 7) is 7.14. The van der Waals surface area contributed by atoms with Gasteiger partial charge in [-0.25, -0.2) is 4.79 Å². The number of nitro benzene ring substituents is 1. The maximum Gasteiger partial charge on any atom is 0.413 e. The van der Waals surface area contributed by atoms with Crippen LogP contribution in [-0.4, -0.2) is 16.6 Å². The lowest BCUT2D eigenvalue weighted by Gasteiger charge is -2.20. The number of carbonyl (C=O) groups is 1. The third kappa shape index (κ3) is 4.04. The molecular formula is C12H16N2O4. The van der Waals surface area contributed by atoms with Crippen molar-refractivity contribution >= 4 is 11.8 Å². The second-order valence-electron chi connectivity index (χ2n) is 4.97. The number of nitro groups is 1. The van der Waals surface area contributed by atoms with E-state index in [9.17, 15) is 14.9 Å². The van der Waals surface area contributed by atoms with E-state index in [2.05, 4.69) is 5.32 Å². The molecule has 0 saturated heterocycles. The zero-order valence-electron chi connectivity index (χ0n) is 10.8. The van der Waals surface area contributed by atoms with Crippen molar-refractivity contribution in [3.05, 3.63) is 33.9 Å². The van der Waals surface area contributed by atoms with Gasteiger partial charge in [-0.15, -0.1) is 0 Å². The van der Waals surface area contributed by atoms with Gasteiger partial charge in [0, 0.05) is 17.7 Å². The predicted molar refractivity (Wildman–Crippen MR) is 66.7 cm³/mol. The molecule has 1 amide bonds. The van der Waals surface area contributed by atoms with Gasteiger partial charge in [-0.05, 0) is 39.3 Å². The number of nitrogens with one attached hydrogen (secondary N) is 1. The first-order valence-corrected chi connectivity index (χ1v) is 5.44. The van der Waals surface area contributed by atoms with Crippen molar-refractivity contribution < 1.29 is 14.5 Å². The lowest BCUT2D eigenvalue weighted by atomic mass is 10.1. The first-order chi connectivity index (χ1) is 8.19. The van der Waals surface area contributed by atoms with E-state index in [0.717, 1.165) is 0 Å². The Morgan fingerprint density at radius 2 is 2.00 bits per heavy atom. The molecule has 1 aromatic rings. The van der Waals surface area contributed by atoms with E-state index in [0.29, 0.717) is 11.3 Å². The SMILES string of the molecule is Cc1cc([N+](=O)[O-])ccc1OC(=O)NC(C)(C)C. The number of ether oxygens (including phenoxy) is 1. The molecule has 0 bridgehead atoms. The van der Waals surface area contributed by atoms with Crippen molar-refractivity contribution in [1.29, 1.82) is 0 Å². The van der Waals surface area contributed by atoms with E-state index in [1.54, 1.807) is 6.92 Å². The molecule has 0 aliphatic carbocycles. The van der Waals surface area contributed by atoms with Gasteiger partial charge in [0.1, 0.15) is 5.75 Å². The maximum absolute atomic E-state index is 11.5. The molecule has 0 unspecified atom stereocenters. The number of hydrogen-bond acceptors (Lipinski definition) is 4. The highest BCUT2D eigenvalue weighted by atomic mass is 16.6. The molecule has 1 aromatic carbocycles. The van der Waals surface area contributed by atoms with Crippen LogP contribution in [0.3, 0.4) is 0 Å². The van der Waals surface area contributed by atoms with Crippen molar-refractivity contribution in [1.82, 2.24) is 5.32 Å². The summed E-state index contributed by atoms with van der Waals surface area (Å²) < 4.78 is 5.08. The zero-order valence-corrected chi connectivity index (χ0v) is 10.8. The van der Waals surface area contributed by atoms with Gasteiger partial charge < -0.3 is 10.1 Å². The van der Waals surface area contributed by atoms with Gasteiger partial charge in [0.15, 0.2) is 0 Å². The Balaban J connectivity index is 2.80. The molecule has 0 aliphatic rings. The van der Waals surface area contributed by atoms with E-state index in [1.807, 2.05) is 20.8 Å². The monoisotopic (exact) mass is 252 g/mol. The van der Waals surface area contributed by atoms with Gasteiger partial charge in [0.2, 0.25) is 0 Å². The zero-order chi connectivity index (χ0) is 13.9. The molecule has 0 spiro atoms. The van der Waals surface area contributed by atoms with E-state index >= 15 is 0 Å². The van der Waals surface area contributed by atoms with Crippen molar-refractivity contribution in [3.8, 4) is 5.75 Å². The standard InChI is InChI=1S/C12H16N2O4/c1-8-7-9(14(16)17)5-6-10(8)18-11(15)13-12(2,3)4/h5-7H,1-4H3,(H,13,15). The Morgan fingerprint density at radius 3 is 2.44 bits per heavy atom. The smallest absolute Gasteiger partial charge is 0.410 e. The van der Waals surface area contributed by atoms with Gasteiger partial charge in [-0.1, -0.05) is 0 Å². The Hall–Kier alpha value is -2.11. The number of aryl methyl sites for hydroxylation is 1. The summed E-state index contributed by atoms with van der Waals surface area (Å²) in [6, 6.07) is 4.07. The summed E-state index contributed by atoms with van der Waals surface area (Å²) in [5.74, 6) is 0.308. The molecule has 6 nitrogen and oxygen atoms in total. The minimum atomic E-state index is -0.584. The van der Waals surface area contributed by atoms with Gasteiger partial charge in [0.05, 0.1) is 4.92 Å². The van der Waals surface area contributed by atoms with Crippen LogP contribution in [0, 0.1) is 17.0 Å². The van der Waals surface area contributed by atoms with Crippen LogP contribution in [0.2, 0.25) is 0 Å². The molecular weight excluding hydrogens is 236 g/mol. The summed E-state index contributed by atoms with van der Waals surface area (Å²) in [7, 11) is 0. The average Bonchev–Trinajstić information content (AvgIpc) is 2.17. The lowest BCUT2D eigenvalue weighted by Crippen LogP contribution is -2.42. The van der Waals surface area contributed by atoms with Crippen LogP contribution >= 0.6 is 0 Å². The molecule has 98 valence electrons. The first-order valence-electron chi connectivity index (χ1n) is 5.44. The Bertz CT molecular complexity index is 477. The number of amides is 1. The number of rotatable bonds is 2. The van der Waals surface area contributed by atoms with E-state index in [-0.39, 0.29) is 5.69 Å². The summed E-state index contributed by atoms with van der Waals surface area (Å²) in [6.07, 6.45) is -0.584. The van der Waals surface area contributed by atoms with E-state index in [1.165, 1.54) is 18.2 Å². The van der Waals surface area contributed by atoms with Crippen molar-refractivity contribution in [3.63, 3.8) is 0 Å². The van der Waals surface area contributed by atoms with Gasteiger partial charge >= 0.3 is 6.09 Å². The molecule has 0 saturated carbocycles. The number of carbonyl (C=O) groups excluding carboxylic acids is 1. The summed E-state index contributed by atoms with van der Waals surface area (Å²) >= 11 is 0. The highest BCUT2D eigenvalue weighted by molar-refractivity contribution is 5.71. The largest absolute Gasteiger partial charge is 0.413 e. The molecule has 0 fully saturated rings. The number of hydrogen-bond donors (Lipinski definition) is 1. The normalized spacial score (nSPS) is 10.9. The molecule has 0 radical (unpaired) electrons. The fourth-order valence-electron chi connectivity index (χ4n) is 1.29. The molecule has 6 heteroatoms. The maximum atomic E-state index is 11.5. The predicted octanol–water partition coefficient (Wildman–Crippen LogP) is 2.79. The summed E-state index contributed by atoms with van der Waals surface area (Å²) in [5, 5.41) is 13.2. The number of benzene rings is 1. The van der Waals surface area contributed by atoms with Gasteiger partial charge in [0.25, 0.3) is 5.69 Å². The highest BCUT2D eigenvalue weighted by Gasteiger charge is 2.17. The Morgan fingerprint density at radius 1 is 1.39 bits per heavy atom. The highest BCUT2D eigenvalue weighted by Crippen LogP contribution is 2.23. The second kappa shape index (κ2) is 5.03. The minimum Gasteiger partial charge on any atom is -0.410 e. The molecule has 1 N–H and O–H groups in total. The topological polar surface area (TPSA) is 81.5 Å². The van der Waals surface area contributed by atoms with Gasteiger partial charge in [-0.2, -0.15) is 0 Å². The third-order valence-corrected chi connectivity index (χ3v) is 2.05. The third-order valence-electron chi connectivity index (χ3n) is 2.05. The molecule has 18 heavy (non-hydrogen) atoms. The molecule has 1 rings (SSSR count). The number of non-ortho nitro benzene ring substituents is 1. The fraction of sp³-hybridized carbons (Fsp3) is 0.417. The lowest BCUT2D eigenvalue weighted by molar-refractivity contribution is -0.384. The Labute approximate surface area is 105 Å². The van der Waals surface area contributed by atoms with Crippen LogP contribution < -0.4 is 10.1 Å².